The molecule has 0 spiro atoms. The largest absolute Gasteiger partial charge is 0.367 e. The predicted octanol–water partition coefficient (Wildman–Crippen LogP) is 0.675. The Bertz CT molecular complexity index is 622. The number of hydrogen-bond donors (Lipinski definition) is 3. The molecule has 1 unspecified atom stereocenters. The minimum Gasteiger partial charge on any atom is -0.367 e. The second-order valence-electron chi connectivity index (χ2n) is 4.52. The van der Waals surface area contributed by atoms with Crippen LogP contribution in [0.25, 0.3) is 0 Å². The van der Waals surface area contributed by atoms with Gasteiger partial charge in [-0.05, 0) is 12.0 Å². The van der Waals surface area contributed by atoms with Crippen LogP contribution >= 0.6 is 0 Å². The minimum atomic E-state index is -0.404. The van der Waals surface area contributed by atoms with Gasteiger partial charge in [-0.25, -0.2) is 0 Å². The first-order valence-corrected chi connectivity index (χ1v) is 6.42. The van der Waals surface area contributed by atoms with E-state index >= 15 is 0 Å². The first kappa shape index (κ1) is 14.0. The van der Waals surface area contributed by atoms with E-state index in [0.717, 1.165) is 5.56 Å². The van der Waals surface area contributed by atoms with Crippen molar-refractivity contribution >= 4 is 5.91 Å². The second kappa shape index (κ2) is 6.68. The molecule has 0 saturated carbocycles. The van der Waals surface area contributed by atoms with E-state index in [1.165, 1.54) is 18.5 Å². The Balaban J connectivity index is 2.05. The lowest BCUT2D eigenvalue weighted by Gasteiger charge is -2.16. The van der Waals surface area contributed by atoms with Crippen LogP contribution in [0.1, 0.15) is 15.9 Å². The zero-order chi connectivity index (χ0) is 14.4. The first-order valence-electron chi connectivity index (χ1n) is 6.42. The molecule has 0 aliphatic rings. The fraction of sp³-hybridized carbons (Fsp3) is 0.200. The third-order valence-electron chi connectivity index (χ3n) is 3.01. The molecule has 0 fully saturated rings. The summed E-state index contributed by atoms with van der Waals surface area (Å²) in [4.78, 5) is 26.3. The molecule has 1 aromatic heterocycles. The van der Waals surface area contributed by atoms with Crippen molar-refractivity contribution in [2.75, 3.05) is 6.54 Å². The van der Waals surface area contributed by atoms with Gasteiger partial charge in [0.15, 0.2) is 5.43 Å². The van der Waals surface area contributed by atoms with E-state index in [4.69, 9.17) is 5.73 Å². The van der Waals surface area contributed by atoms with Gasteiger partial charge in [0.05, 0.1) is 0 Å². The first-order chi connectivity index (χ1) is 9.70. The summed E-state index contributed by atoms with van der Waals surface area (Å²) in [5.41, 5.74) is 6.56. The number of amides is 1. The molecule has 4 N–H and O–H groups in total. The summed E-state index contributed by atoms with van der Waals surface area (Å²) in [5, 5.41) is 2.79. The van der Waals surface area contributed by atoms with Crippen molar-refractivity contribution in [3.63, 3.8) is 0 Å². The third-order valence-corrected chi connectivity index (χ3v) is 3.01. The molecule has 2 aromatic rings. The summed E-state index contributed by atoms with van der Waals surface area (Å²) in [6, 6.07) is 10.9. The average molecular weight is 271 g/mol. The summed E-state index contributed by atoms with van der Waals surface area (Å²) >= 11 is 0. The Hall–Kier alpha value is -2.40. The van der Waals surface area contributed by atoms with Gasteiger partial charge in [0.2, 0.25) is 0 Å². The number of hydrogen-bond acceptors (Lipinski definition) is 3. The van der Waals surface area contributed by atoms with Crippen LogP contribution in [0.4, 0.5) is 0 Å². The molecule has 0 aliphatic carbocycles. The van der Waals surface area contributed by atoms with Crippen LogP contribution in [0.3, 0.4) is 0 Å². The van der Waals surface area contributed by atoms with Gasteiger partial charge in [0.25, 0.3) is 5.91 Å². The molecule has 1 amide bonds. The number of H-pyrrole nitrogens is 1. The number of carbonyl (C=O) groups is 1. The Morgan fingerprint density at radius 2 is 2.00 bits per heavy atom. The van der Waals surface area contributed by atoms with Crippen molar-refractivity contribution in [1.82, 2.24) is 10.3 Å². The van der Waals surface area contributed by atoms with Gasteiger partial charge in [0.1, 0.15) is 5.56 Å². The number of rotatable bonds is 5. The molecular weight excluding hydrogens is 254 g/mol. The summed E-state index contributed by atoms with van der Waals surface area (Å²) < 4.78 is 0. The van der Waals surface area contributed by atoms with Crippen LogP contribution in [0.5, 0.6) is 0 Å². The van der Waals surface area contributed by atoms with E-state index in [-0.39, 0.29) is 17.0 Å². The maximum atomic E-state index is 12.0. The zero-order valence-corrected chi connectivity index (χ0v) is 11.0. The maximum Gasteiger partial charge on any atom is 0.257 e. The van der Waals surface area contributed by atoms with Gasteiger partial charge >= 0.3 is 0 Å². The van der Waals surface area contributed by atoms with Crippen molar-refractivity contribution in [3.05, 3.63) is 70.1 Å². The Morgan fingerprint density at radius 3 is 2.65 bits per heavy atom. The smallest absolute Gasteiger partial charge is 0.257 e. The fourth-order valence-corrected chi connectivity index (χ4v) is 1.95. The standard InChI is InChI=1S/C15H17N3O2/c16-9-12(8-11-4-2-1-3-5-11)18-15(20)13-10-17-7-6-14(13)19/h1-7,10,12H,8-9,16H2,(H,17,19)(H,18,20). The Kier molecular flexibility index (Phi) is 4.68. The lowest BCUT2D eigenvalue weighted by atomic mass is 10.1. The molecule has 5 heteroatoms. The van der Waals surface area contributed by atoms with Crippen molar-refractivity contribution in [3.8, 4) is 0 Å². The van der Waals surface area contributed by atoms with E-state index < -0.39 is 5.91 Å². The normalized spacial score (nSPS) is 11.8. The van der Waals surface area contributed by atoms with E-state index in [2.05, 4.69) is 10.3 Å². The highest BCUT2D eigenvalue weighted by Gasteiger charge is 2.15. The van der Waals surface area contributed by atoms with Gasteiger partial charge in [-0.1, -0.05) is 30.3 Å². The highest BCUT2D eigenvalue weighted by atomic mass is 16.2. The van der Waals surface area contributed by atoms with Gasteiger partial charge in [-0.2, -0.15) is 0 Å². The lowest BCUT2D eigenvalue weighted by molar-refractivity contribution is 0.0936. The number of pyridine rings is 1. The number of benzene rings is 1. The highest BCUT2D eigenvalue weighted by molar-refractivity contribution is 5.93. The van der Waals surface area contributed by atoms with Crippen LogP contribution in [0.2, 0.25) is 0 Å². The summed E-state index contributed by atoms with van der Waals surface area (Å²) in [5.74, 6) is -0.404. The van der Waals surface area contributed by atoms with Gasteiger partial charge in [-0.15, -0.1) is 0 Å². The SMILES string of the molecule is NCC(Cc1ccccc1)NC(=O)c1c[nH]ccc1=O. The van der Waals surface area contributed by atoms with Crippen LogP contribution in [-0.2, 0) is 6.42 Å². The van der Waals surface area contributed by atoms with Crippen LogP contribution in [0, 0.1) is 0 Å². The number of nitrogens with two attached hydrogens (primary N) is 1. The lowest BCUT2D eigenvalue weighted by Crippen LogP contribution is -2.43. The quantitative estimate of drug-likeness (QED) is 0.747. The summed E-state index contributed by atoms with van der Waals surface area (Å²) in [6.07, 6.45) is 3.52. The highest BCUT2D eigenvalue weighted by Crippen LogP contribution is 2.03. The van der Waals surface area contributed by atoms with Gasteiger partial charge in [-0.3, -0.25) is 9.59 Å². The van der Waals surface area contributed by atoms with E-state index in [9.17, 15) is 9.59 Å². The molecule has 0 aliphatic heterocycles. The van der Waals surface area contributed by atoms with E-state index in [0.29, 0.717) is 13.0 Å². The average Bonchev–Trinajstić information content (AvgIpc) is 2.48. The Labute approximate surface area is 116 Å². The monoisotopic (exact) mass is 271 g/mol. The predicted molar refractivity (Wildman–Crippen MR) is 77.5 cm³/mol. The molecule has 104 valence electrons. The van der Waals surface area contributed by atoms with Crippen LogP contribution in [0.15, 0.2) is 53.6 Å². The van der Waals surface area contributed by atoms with E-state index in [1.807, 2.05) is 30.3 Å². The number of carbonyl (C=O) groups excluding carboxylic acids is 1. The fourth-order valence-electron chi connectivity index (χ4n) is 1.95. The van der Waals surface area contributed by atoms with Crippen LogP contribution in [-0.4, -0.2) is 23.5 Å². The summed E-state index contributed by atoms with van der Waals surface area (Å²) in [7, 11) is 0. The molecule has 0 bridgehead atoms. The van der Waals surface area contributed by atoms with Crippen LogP contribution < -0.4 is 16.5 Å². The van der Waals surface area contributed by atoms with Crippen molar-refractivity contribution in [1.29, 1.82) is 0 Å². The van der Waals surface area contributed by atoms with Gasteiger partial charge in [0, 0.05) is 31.0 Å². The molecule has 0 radical (unpaired) electrons. The topological polar surface area (TPSA) is 88.0 Å². The van der Waals surface area contributed by atoms with E-state index in [1.54, 1.807) is 0 Å². The molecule has 2 rings (SSSR count). The molecular formula is C15H17N3O2. The number of nitrogens with one attached hydrogen (secondary N) is 2. The van der Waals surface area contributed by atoms with Gasteiger partial charge < -0.3 is 16.0 Å². The minimum absolute atomic E-state index is 0.0963. The second-order valence-corrected chi connectivity index (χ2v) is 4.52. The molecule has 0 saturated heterocycles. The molecule has 1 atom stereocenters. The third kappa shape index (κ3) is 3.55. The van der Waals surface area contributed by atoms with Crippen molar-refractivity contribution in [2.24, 2.45) is 5.73 Å². The number of aromatic amines is 1. The van der Waals surface area contributed by atoms with Crippen molar-refractivity contribution < 1.29 is 4.79 Å². The zero-order valence-electron chi connectivity index (χ0n) is 11.0. The molecule has 1 heterocycles. The van der Waals surface area contributed by atoms with Crippen molar-refractivity contribution in [2.45, 2.75) is 12.5 Å². The number of aromatic nitrogens is 1. The molecule has 5 nitrogen and oxygen atoms in total. The summed E-state index contributed by atoms with van der Waals surface area (Å²) in [6.45, 7) is 0.311. The molecule has 20 heavy (non-hydrogen) atoms. The Morgan fingerprint density at radius 1 is 1.25 bits per heavy atom. The molecule has 1 aromatic carbocycles. The maximum absolute atomic E-state index is 12.0.